The van der Waals surface area contributed by atoms with Crippen LogP contribution in [0, 0.1) is 22.7 Å². The lowest BCUT2D eigenvalue weighted by Gasteiger charge is -2.59. The summed E-state index contributed by atoms with van der Waals surface area (Å²) in [6.45, 7) is 6.34. The van der Waals surface area contributed by atoms with E-state index in [0.717, 1.165) is 71.0 Å². The van der Waals surface area contributed by atoms with Gasteiger partial charge in [-0.15, -0.1) is 0 Å². The predicted molar refractivity (Wildman–Crippen MR) is 109 cm³/mol. The van der Waals surface area contributed by atoms with Crippen LogP contribution in [-0.4, -0.2) is 49.6 Å². The summed E-state index contributed by atoms with van der Waals surface area (Å²) in [5.74, 6) is 0.631. The number of carbonyl (C=O) groups excluding carboxylic acids is 2. The third kappa shape index (κ3) is 3.21. The van der Waals surface area contributed by atoms with Crippen LogP contribution in [0.1, 0.15) is 78.1 Å². The van der Waals surface area contributed by atoms with Crippen molar-refractivity contribution in [3.8, 4) is 0 Å². The molecule has 6 fully saturated rings. The van der Waals surface area contributed by atoms with Crippen molar-refractivity contribution in [1.82, 2.24) is 0 Å². The first-order chi connectivity index (χ1) is 14.4. The quantitative estimate of drug-likeness (QED) is 0.556. The molecule has 0 spiro atoms. The molecule has 2 atom stereocenters. The highest BCUT2D eigenvalue weighted by Gasteiger charge is 2.64. The highest BCUT2D eigenvalue weighted by Crippen LogP contribution is 2.66. The van der Waals surface area contributed by atoms with Crippen LogP contribution in [0.15, 0.2) is 0 Å². The number of hydrogen-bond donors (Lipinski definition) is 0. The summed E-state index contributed by atoms with van der Waals surface area (Å²) in [5, 5.41) is 0. The molecule has 4 bridgehead atoms. The summed E-state index contributed by atoms with van der Waals surface area (Å²) in [7, 11) is 0. The number of esters is 2. The van der Waals surface area contributed by atoms with Crippen LogP contribution in [0.2, 0.25) is 0 Å². The summed E-state index contributed by atoms with van der Waals surface area (Å²) in [6, 6.07) is 0. The number of rotatable bonds is 8. The van der Waals surface area contributed by atoms with E-state index in [0.29, 0.717) is 31.5 Å². The predicted octanol–water partition coefficient (Wildman–Crippen LogP) is 3.80. The van der Waals surface area contributed by atoms with Crippen LogP contribution in [-0.2, 0) is 28.5 Å². The van der Waals surface area contributed by atoms with Crippen molar-refractivity contribution in [2.75, 3.05) is 26.4 Å². The number of carbonyl (C=O) groups is 2. The highest BCUT2D eigenvalue weighted by atomic mass is 16.6. The third-order valence-corrected chi connectivity index (χ3v) is 9.08. The standard InChI is InChI=1S/C24H36O6/c1-3-23(5-7-29-23)15-27-19(25)21-10-17-9-18(11-21)13-22(12-17,14-21)20(26)28-16-24(4-2)6-8-30-24/h17-18H,3-16H2,1-2H3. The van der Waals surface area contributed by atoms with Gasteiger partial charge in [-0.25, -0.2) is 0 Å². The van der Waals surface area contributed by atoms with Gasteiger partial charge in [0.15, 0.2) is 0 Å². The normalized spacial score (nSPS) is 46.1. The Morgan fingerprint density at radius 3 is 1.50 bits per heavy atom. The minimum atomic E-state index is -0.517. The maximum Gasteiger partial charge on any atom is 0.312 e. The third-order valence-electron chi connectivity index (χ3n) is 9.08. The SMILES string of the molecule is CCC1(COC(=O)C23CC4CC(C2)CC(C(=O)OCC2(CC)CCO2)(C4)C3)CCO1. The van der Waals surface area contributed by atoms with Crippen molar-refractivity contribution in [1.29, 1.82) is 0 Å². The molecule has 6 nitrogen and oxygen atoms in total. The number of ether oxygens (including phenoxy) is 4. The molecule has 6 rings (SSSR count). The zero-order valence-corrected chi connectivity index (χ0v) is 18.5. The van der Waals surface area contributed by atoms with E-state index in [1.54, 1.807) is 0 Å². The fourth-order valence-corrected chi connectivity index (χ4v) is 7.21. The fourth-order valence-electron chi connectivity index (χ4n) is 7.21. The molecule has 6 heteroatoms. The molecule has 2 aliphatic heterocycles. The lowest BCUT2D eigenvalue weighted by Crippen LogP contribution is -2.59. The Morgan fingerprint density at radius 2 is 1.20 bits per heavy atom. The van der Waals surface area contributed by atoms with Crippen LogP contribution >= 0.6 is 0 Å². The molecular formula is C24H36O6. The van der Waals surface area contributed by atoms with E-state index in [4.69, 9.17) is 18.9 Å². The van der Waals surface area contributed by atoms with Gasteiger partial charge < -0.3 is 18.9 Å². The van der Waals surface area contributed by atoms with Gasteiger partial charge in [-0.1, -0.05) is 13.8 Å². The zero-order chi connectivity index (χ0) is 21.0. The molecule has 0 aromatic heterocycles. The van der Waals surface area contributed by atoms with Crippen molar-refractivity contribution >= 4 is 11.9 Å². The average molecular weight is 421 g/mol. The van der Waals surface area contributed by atoms with E-state index < -0.39 is 10.8 Å². The summed E-state index contributed by atoms with van der Waals surface area (Å²) in [4.78, 5) is 26.7. The van der Waals surface area contributed by atoms with Crippen LogP contribution in [0.3, 0.4) is 0 Å². The van der Waals surface area contributed by atoms with Gasteiger partial charge in [-0.3, -0.25) is 9.59 Å². The molecule has 0 radical (unpaired) electrons. The Bertz CT molecular complexity index is 625. The maximum atomic E-state index is 13.3. The van der Waals surface area contributed by atoms with Crippen molar-refractivity contribution < 1.29 is 28.5 Å². The summed E-state index contributed by atoms with van der Waals surface area (Å²) in [6.07, 6.45) is 8.78. The van der Waals surface area contributed by atoms with Crippen molar-refractivity contribution in [3.63, 3.8) is 0 Å². The lowest BCUT2D eigenvalue weighted by atomic mass is 9.44. The van der Waals surface area contributed by atoms with Crippen molar-refractivity contribution in [2.24, 2.45) is 22.7 Å². The Labute approximate surface area is 179 Å². The second kappa shape index (κ2) is 7.19. The molecule has 0 aromatic rings. The number of hydrogen-bond acceptors (Lipinski definition) is 6. The smallest absolute Gasteiger partial charge is 0.312 e. The molecule has 2 saturated heterocycles. The molecule has 2 heterocycles. The van der Waals surface area contributed by atoms with E-state index in [9.17, 15) is 9.59 Å². The van der Waals surface area contributed by atoms with Crippen LogP contribution in [0.25, 0.3) is 0 Å². The van der Waals surface area contributed by atoms with E-state index in [1.807, 2.05) is 0 Å². The van der Waals surface area contributed by atoms with Gasteiger partial charge in [0.25, 0.3) is 0 Å². The van der Waals surface area contributed by atoms with E-state index in [2.05, 4.69) is 13.8 Å². The van der Waals surface area contributed by atoms with E-state index in [-0.39, 0.29) is 23.1 Å². The zero-order valence-electron chi connectivity index (χ0n) is 18.5. The van der Waals surface area contributed by atoms with Crippen LogP contribution in [0.4, 0.5) is 0 Å². The van der Waals surface area contributed by atoms with Gasteiger partial charge in [0.2, 0.25) is 0 Å². The molecule has 6 aliphatic rings. The molecule has 0 amide bonds. The molecule has 4 aliphatic carbocycles. The maximum absolute atomic E-state index is 13.3. The Hall–Kier alpha value is -1.14. The van der Waals surface area contributed by atoms with Gasteiger partial charge in [0, 0.05) is 12.8 Å². The first-order valence-corrected chi connectivity index (χ1v) is 12.0. The molecular weight excluding hydrogens is 384 g/mol. The average Bonchev–Trinajstić information content (AvgIpc) is 2.65. The minimum Gasteiger partial charge on any atom is -0.462 e. The van der Waals surface area contributed by atoms with Crippen molar-refractivity contribution in [3.05, 3.63) is 0 Å². The van der Waals surface area contributed by atoms with E-state index >= 15 is 0 Å². The Balaban J connectivity index is 1.28. The highest BCUT2D eigenvalue weighted by molar-refractivity contribution is 5.83. The van der Waals surface area contributed by atoms with E-state index in [1.165, 1.54) is 0 Å². The molecule has 4 saturated carbocycles. The molecule has 30 heavy (non-hydrogen) atoms. The van der Waals surface area contributed by atoms with Gasteiger partial charge in [0.05, 0.1) is 24.0 Å². The summed E-state index contributed by atoms with van der Waals surface area (Å²) < 4.78 is 23.2. The Morgan fingerprint density at radius 1 is 0.800 bits per heavy atom. The second-order valence-electron chi connectivity index (χ2n) is 10.9. The molecule has 2 unspecified atom stereocenters. The first-order valence-electron chi connectivity index (χ1n) is 12.0. The van der Waals surface area contributed by atoms with Gasteiger partial charge >= 0.3 is 11.9 Å². The van der Waals surface area contributed by atoms with Gasteiger partial charge in [0.1, 0.15) is 24.4 Å². The Kier molecular flexibility index (Phi) is 4.97. The topological polar surface area (TPSA) is 71.1 Å². The largest absolute Gasteiger partial charge is 0.462 e. The molecule has 0 aromatic carbocycles. The van der Waals surface area contributed by atoms with Gasteiger partial charge in [-0.2, -0.15) is 0 Å². The lowest BCUT2D eigenvalue weighted by molar-refractivity contribution is -0.217. The summed E-state index contributed by atoms with van der Waals surface area (Å²) in [5.41, 5.74) is -1.61. The summed E-state index contributed by atoms with van der Waals surface area (Å²) >= 11 is 0. The molecule has 0 N–H and O–H groups in total. The first kappa shape index (κ1) is 20.7. The minimum absolute atomic E-state index is 0.107. The monoisotopic (exact) mass is 420 g/mol. The fraction of sp³-hybridized carbons (Fsp3) is 0.917. The molecule has 168 valence electrons. The second-order valence-corrected chi connectivity index (χ2v) is 10.9. The van der Waals surface area contributed by atoms with Gasteiger partial charge in [-0.05, 0) is 63.2 Å². The van der Waals surface area contributed by atoms with Crippen LogP contribution in [0.5, 0.6) is 0 Å². The van der Waals surface area contributed by atoms with Crippen molar-refractivity contribution in [2.45, 2.75) is 89.3 Å². The van der Waals surface area contributed by atoms with Crippen LogP contribution < -0.4 is 0 Å².